The van der Waals surface area contributed by atoms with Crippen LogP contribution in [0.25, 0.3) is 16.6 Å². The van der Waals surface area contributed by atoms with E-state index in [4.69, 9.17) is 9.47 Å². The van der Waals surface area contributed by atoms with E-state index >= 15 is 0 Å². The number of rotatable bonds is 5. The number of pyridine rings is 3. The molecule has 0 spiro atoms. The zero-order valence-electron chi connectivity index (χ0n) is 20.0. The molecule has 2 aliphatic heterocycles. The number of ether oxygens (including phenoxy) is 2. The fourth-order valence-corrected chi connectivity index (χ4v) is 4.96. The molecule has 4 aromatic heterocycles. The minimum atomic E-state index is -4.45. The standard InChI is InChI=1S/C26H25F3N6O2/c1-15-6-22(23(12-31-15)37-21-9-18-13-36-14-19(10-21)32-18)16-3-5-35-20(7-16)11-25(34-35)33-24-8-17(2-4-30-24)26(27,28)29/h2-8,11-12,18-19,21,32H,9-10,13-14H2,1H3,(H,30,33,34)/t18-,19+,21?. The van der Waals surface area contributed by atoms with Gasteiger partial charge in [-0.2, -0.15) is 18.3 Å². The fraction of sp³-hybridized carbons (Fsp3) is 0.346. The van der Waals surface area contributed by atoms with Crippen molar-refractivity contribution in [2.24, 2.45) is 0 Å². The Morgan fingerprint density at radius 3 is 2.65 bits per heavy atom. The highest BCUT2D eigenvalue weighted by Gasteiger charge is 2.33. The highest BCUT2D eigenvalue weighted by molar-refractivity contribution is 5.75. The topological polar surface area (TPSA) is 85.6 Å². The van der Waals surface area contributed by atoms with Crippen molar-refractivity contribution in [3.05, 3.63) is 66.2 Å². The third-order valence-electron chi connectivity index (χ3n) is 6.62. The molecule has 3 atom stereocenters. The average Bonchev–Trinajstić information content (AvgIpc) is 3.26. The van der Waals surface area contributed by atoms with Crippen LogP contribution in [-0.4, -0.2) is 51.0 Å². The first-order valence-corrected chi connectivity index (χ1v) is 12.1. The summed E-state index contributed by atoms with van der Waals surface area (Å²) < 4.78 is 52.9. The monoisotopic (exact) mass is 510 g/mol. The number of nitrogens with zero attached hydrogens (tertiary/aromatic N) is 4. The van der Waals surface area contributed by atoms with Gasteiger partial charge in [0.05, 0.1) is 30.5 Å². The van der Waals surface area contributed by atoms with E-state index < -0.39 is 11.7 Å². The highest BCUT2D eigenvalue weighted by Crippen LogP contribution is 2.34. The summed E-state index contributed by atoms with van der Waals surface area (Å²) >= 11 is 0. The number of hydrogen-bond acceptors (Lipinski definition) is 7. The molecule has 2 aliphatic rings. The quantitative estimate of drug-likeness (QED) is 0.400. The first-order valence-electron chi connectivity index (χ1n) is 12.1. The molecule has 1 unspecified atom stereocenters. The van der Waals surface area contributed by atoms with Crippen molar-refractivity contribution >= 4 is 17.2 Å². The van der Waals surface area contributed by atoms with Gasteiger partial charge >= 0.3 is 6.18 Å². The van der Waals surface area contributed by atoms with Crippen molar-refractivity contribution in [2.75, 3.05) is 18.5 Å². The Kier molecular flexibility index (Phi) is 5.96. The van der Waals surface area contributed by atoms with Gasteiger partial charge in [-0.1, -0.05) is 0 Å². The normalized spacial score (nSPS) is 21.7. The highest BCUT2D eigenvalue weighted by atomic mass is 19.4. The predicted molar refractivity (Wildman–Crippen MR) is 131 cm³/mol. The first kappa shape index (κ1) is 23.7. The molecule has 0 saturated carbocycles. The number of piperidine rings is 1. The summed E-state index contributed by atoms with van der Waals surface area (Å²) in [6.07, 6.45) is 2.05. The number of aryl methyl sites for hydroxylation is 1. The summed E-state index contributed by atoms with van der Waals surface area (Å²) in [4.78, 5) is 8.45. The molecule has 6 rings (SSSR count). The van der Waals surface area contributed by atoms with Gasteiger partial charge in [-0.15, -0.1) is 0 Å². The number of nitrogens with one attached hydrogen (secondary N) is 2. The Labute approximate surface area is 210 Å². The minimum Gasteiger partial charge on any atom is -0.488 e. The van der Waals surface area contributed by atoms with Crippen LogP contribution in [0.4, 0.5) is 24.8 Å². The fourth-order valence-electron chi connectivity index (χ4n) is 4.96. The molecule has 0 aromatic carbocycles. The van der Waals surface area contributed by atoms with Gasteiger partial charge in [0.25, 0.3) is 0 Å². The van der Waals surface area contributed by atoms with Crippen LogP contribution in [0.5, 0.6) is 5.75 Å². The second-order valence-electron chi connectivity index (χ2n) is 9.50. The lowest BCUT2D eigenvalue weighted by Gasteiger charge is -2.40. The zero-order valence-corrected chi connectivity index (χ0v) is 20.0. The number of aromatic nitrogens is 4. The lowest BCUT2D eigenvalue weighted by Crippen LogP contribution is -2.56. The van der Waals surface area contributed by atoms with Gasteiger partial charge in [-0.3, -0.25) is 4.98 Å². The van der Waals surface area contributed by atoms with Gasteiger partial charge in [0.2, 0.25) is 0 Å². The van der Waals surface area contributed by atoms with Crippen LogP contribution >= 0.6 is 0 Å². The van der Waals surface area contributed by atoms with Gasteiger partial charge in [-0.25, -0.2) is 9.50 Å². The van der Waals surface area contributed by atoms with Crippen molar-refractivity contribution in [2.45, 2.75) is 44.1 Å². The number of alkyl halides is 3. The minimum absolute atomic E-state index is 0.0658. The number of morpholine rings is 1. The van der Waals surface area contributed by atoms with Crippen LogP contribution in [0.15, 0.2) is 55.0 Å². The van der Waals surface area contributed by atoms with E-state index in [0.29, 0.717) is 36.9 Å². The van der Waals surface area contributed by atoms with E-state index in [-0.39, 0.29) is 11.9 Å². The van der Waals surface area contributed by atoms with Crippen LogP contribution in [0.1, 0.15) is 24.1 Å². The molecule has 0 amide bonds. The van der Waals surface area contributed by atoms with E-state index in [9.17, 15) is 13.2 Å². The first-order chi connectivity index (χ1) is 17.8. The molecule has 192 valence electrons. The maximum atomic E-state index is 13.0. The molecule has 0 aliphatic carbocycles. The average molecular weight is 511 g/mol. The number of fused-ring (bicyclic) bond motifs is 3. The van der Waals surface area contributed by atoms with Gasteiger partial charge in [0, 0.05) is 54.6 Å². The molecule has 37 heavy (non-hydrogen) atoms. The number of anilines is 2. The van der Waals surface area contributed by atoms with E-state index in [2.05, 4.69) is 25.7 Å². The molecule has 4 aromatic rings. The van der Waals surface area contributed by atoms with Crippen molar-refractivity contribution in [3.63, 3.8) is 0 Å². The summed E-state index contributed by atoms with van der Waals surface area (Å²) in [5.41, 5.74) is 2.70. The molecule has 0 radical (unpaired) electrons. The second-order valence-corrected chi connectivity index (χ2v) is 9.50. The van der Waals surface area contributed by atoms with E-state index in [0.717, 1.165) is 53.5 Å². The Morgan fingerprint density at radius 2 is 1.86 bits per heavy atom. The number of halogens is 3. The molecule has 2 saturated heterocycles. The Hall–Kier alpha value is -3.70. The van der Waals surface area contributed by atoms with Crippen LogP contribution in [0.2, 0.25) is 0 Å². The van der Waals surface area contributed by atoms with Crippen molar-refractivity contribution in [3.8, 4) is 16.9 Å². The summed E-state index contributed by atoms with van der Waals surface area (Å²) in [7, 11) is 0. The van der Waals surface area contributed by atoms with Crippen molar-refractivity contribution in [1.82, 2.24) is 24.9 Å². The number of hydrogen-bond donors (Lipinski definition) is 2. The Balaban J connectivity index is 1.26. The molecule has 6 heterocycles. The van der Waals surface area contributed by atoms with Crippen LogP contribution in [0, 0.1) is 6.92 Å². The molecular weight excluding hydrogens is 485 g/mol. The lowest BCUT2D eigenvalue weighted by atomic mass is 9.94. The molecule has 2 fully saturated rings. The molecular formula is C26H25F3N6O2. The van der Waals surface area contributed by atoms with Crippen LogP contribution < -0.4 is 15.4 Å². The maximum Gasteiger partial charge on any atom is 0.416 e. The van der Waals surface area contributed by atoms with Crippen LogP contribution in [-0.2, 0) is 10.9 Å². The third-order valence-corrected chi connectivity index (χ3v) is 6.62. The molecule has 2 N–H and O–H groups in total. The molecule has 2 bridgehead atoms. The van der Waals surface area contributed by atoms with E-state index in [1.165, 1.54) is 0 Å². The van der Waals surface area contributed by atoms with Gasteiger partial charge in [-0.05, 0) is 42.8 Å². The van der Waals surface area contributed by atoms with E-state index in [1.807, 2.05) is 25.1 Å². The smallest absolute Gasteiger partial charge is 0.416 e. The maximum absolute atomic E-state index is 13.0. The van der Waals surface area contributed by atoms with Crippen molar-refractivity contribution < 1.29 is 22.6 Å². The van der Waals surface area contributed by atoms with E-state index in [1.54, 1.807) is 23.0 Å². The second kappa shape index (κ2) is 9.31. The Morgan fingerprint density at radius 1 is 1.05 bits per heavy atom. The van der Waals surface area contributed by atoms with Crippen molar-refractivity contribution in [1.29, 1.82) is 0 Å². The summed E-state index contributed by atoms with van der Waals surface area (Å²) in [6, 6.07) is 10.1. The van der Waals surface area contributed by atoms with Gasteiger partial charge < -0.3 is 20.1 Å². The van der Waals surface area contributed by atoms with Gasteiger partial charge in [0.15, 0.2) is 5.82 Å². The lowest BCUT2D eigenvalue weighted by molar-refractivity contribution is -0.137. The zero-order chi connectivity index (χ0) is 25.6. The Bertz CT molecular complexity index is 1430. The largest absolute Gasteiger partial charge is 0.488 e. The summed E-state index contributed by atoms with van der Waals surface area (Å²) in [5.74, 6) is 1.16. The van der Waals surface area contributed by atoms with Gasteiger partial charge in [0.1, 0.15) is 17.7 Å². The summed E-state index contributed by atoms with van der Waals surface area (Å²) in [6.45, 7) is 3.32. The predicted octanol–water partition coefficient (Wildman–Crippen LogP) is 4.76. The van der Waals surface area contributed by atoms with Crippen LogP contribution in [0.3, 0.4) is 0 Å². The SMILES string of the molecule is Cc1cc(-c2ccn3nc(Nc4cc(C(F)(F)F)ccn4)cc3c2)c(OC2C[C@H]3COC[C@@H](C2)N3)cn1. The summed E-state index contributed by atoms with van der Waals surface area (Å²) in [5, 5.41) is 10.9. The molecule has 8 nitrogen and oxygen atoms in total. The third kappa shape index (κ3) is 5.09. The molecule has 11 heteroatoms.